The van der Waals surface area contributed by atoms with Crippen LogP contribution < -0.4 is 11.1 Å². The summed E-state index contributed by atoms with van der Waals surface area (Å²) in [5.74, 6) is -0.990. The number of carbonyl (C=O) groups is 2. The molecule has 0 bridgehead atoms. The minimum absolute atomic E-state index is 0.00654. The van der Waals surface area contributed by atoms with Crippen LogP contribution in [-0.4, -0.2) is 28.2 Å². The average molecular weight is 469 g/mol. The van der Waals surface area contributed by atoms with Crippen LogP contribution in [0.5, 0.6) is 0 Å². The minimum atomic E-state index is -0.563. The molecule has 1 aliphatic heterocycles. The molecule has 0 radical (unpaired) electrons. The lowest BCUT2D eigenvalue weighted by atomic mass is 10.0. The van der Waals surface area contributed by atoms with Crippen LogP contribution in [0, 0.1) is 10.1 Å². The number of carbonyl (C=O) groups excluding carboxylic acids is 2. The Hall–Kier alpha value is -3.34. The van der Waals surface area contributed by atoms with Crippen LogP contribution in [0.25, 0.3) is 6.08 Å². The summed E-state index contributed by atoms with van der Waals surface area (Å²) in [4.78, 5) is 38.8. The number of nitrogens with zero attached hydrogens (tertiary/aromatic N) is 2. The van der Waals surface area contributed by atoms with Gasteiger partial charge in [-0.25, -0.2) is 0 Å². The molecule has 0 atom stereocenters. The monoisotopic (exact) mass is 468 g/mol. The number of fused-ring (bicyclic) bond motifs is 1. The number of nitro groups is 1. The van der Waals surface area contributed by atoms with E-state index in [1.807, 2.05) is 18.2 Å². The molecular formula is C22H20N4O4S2. The van der Waals surface area contributed by atoms with Crippen molar-refractivity contribution >= 4 is 50.6 Å². The number of rotatable bonds is 7. The zero-order chi connectivity index (χ0) is 22.7. The van der Waals surface area contributed by atoms with Crippen LogP contribution in [-0.2, 0) is 24.3 Å². The van der Waals surface area contributed by atoms with Gasteiger partial charge in [0.1, 0.15) is 5.00 Å². The Morgan fingerprint density at radius 2 is 1.97 bits per heavy atom. The molecule has 0 unspecified atom stereocenters. The lowest BCUT2D eigenvalue weighted by Crippen LogP contribution is -2.30. The highest BCUT2D eigenvalue weighted by molar-refractivity contribution is 7.17. The van der Waals surface area contributed by atoms with E-state index >= 15 is 0 Å². The molecule has 0 saturated heterocycles. The number of amides is 2. The van der Waals surface area contributed by atoms with Gasteiger partial charge in [-0.15, -0.1) is 11.3 Å². The third-order valence-electron chi connectivity index (χ3n) is 5.06. The van der Waals surface area contributed by atoms with Gasteiger partial charge in [0.15, 0.2) is 0 Å². The first-order valence-corrected chi connectivity index (χ1v) is 11.5. The first kappa shape index (κ1) is 21.9. The predicted molar refractivity (Wildman–Crippen MR) is 126 cm³/mol. The Morgan fingerprint density at radius 1 is 1.19 bits per heavy atom. The van der Waals surface area contributed by atoms with E-state index < -0.39 is 16.7 Å². The van der Waals surface area contributed by atoms with Crippen LogP contribution >= 0.6 is 22.7 Å². The number of anilines is 1. The average Bonchev–Trinajstić information content (AvgIpc) is 3.37. The summed E-state index contributed by atoms with van der Waals surface area (Å²) < 4.78 is 0. The van der Waals surface area contributed by atoms with Crippen LogP contribution in [0.3, 0.4) is 0 Å². The Labute approximate surface area is 192 Å². The van der Waals surface area contributed by atoms with Crippen molar-refractivity contribution in [1.82, 2.24) is 4.90 Å². The highest BCUT2D eigenvalue weighted by Crippen LogP contribution is 2.37. The van der Waals surface area contributed by atoms with E-state index in [2.05, 4.69) is 22.3 Å². The predicted octanol–water partition coefficient (Wildman–Crippen LogP) is 4.03. The molecule has 0 saturated carbocycles. The van der Waals surface area contributed by atoms with Gasteiger partial charge >= 0.3 is 5.00 Å². The van der Waals surface area contributed by atoms with E-state index in [0.717, 1.165) is 34.9 Å². The smallest absolute Gasteiger partial charge is 0.324 e. The van der Waals surface area contributed by atoms with Gasteiger partial charge in [0.25, 0.3) is 5.91 Å². The van der Waals surface area contributed by atoms with Crippen molar-refractivity contribution in [1.29, 1.82) is 0 Å². The molecule has 0 spiro atoms. The van der Waals surface area contributed by atoms with Crippen molar-refractivity contribution in [2.24, 2.45) is 5.73 Å². The highest BCUT2D eigenvalue weighted by atomic mass is 32.1. The van der Waals surface area contributed by atoms with Gasteiger partial charge in [-0.05, 0) is 29.7 Å². The van der Waals surface area contributed by atoms with Crippen molar-refractivity contribution < 1.29 is 14.5 Å². The van der Waals surface area contributed by atoms with Gasteiger partial charge in [-0.2, -0.15) is 0 Å². The van der Waals surface area contributed by atoms with E-state index in [1.165, 1.54) is 35.1 Å². The molecule has 32 heavy (non-hydrogen) atoms. The largest absolute Gasteiger partial charge is 0.365 e. The fourth-order valence-corrected chi connectivity index (χ4v) is 5.65. The normalized spacial score (nSPS) is 13.8. The molecule has 1 aliphatic rings. The van der Waals surface area contributed by atoms with Crippen molar-refractivity contribution in [2.75, 3.05) is 11.9 Å². The van der Waals surface area contributed by atoms with Crippen LogP contribution in [0.4, 0.5) is 10.0 Å². The van der Waals surface area contributed by atoms with Crippen LogP contribution in [0.15, 0.2) is 48.5 Å². The molecule has 8 nitrogen and oxygen atoms in total. The number of hydrogen-bond acceptors (Lipinski definition) is 7. The zero-order valence-corrected chi connectivity index (χ0v) is 18.6. The maximum Gasteiger partial charge on any atom is 0.324 e. The molecule has 164 valence electrons. The molecule has 0 aliphatic carbocycles. The maximum atomic E-state index is 12.4. The number of thiophene rings is 2. The summed E-state index contributed by atoms with van der Waals surface area (Å²) in [5.41, 5.74) is 8.13. The summed E-state index contributed by atoms with van der Waals surface area (Å²) in [6.45, 7) is 2.28. The lowest BCUT2D eigenvalue weighted by Gasteiger charge is -2.27. The van der Waals surface area contributed by atoms with Gasteiger partial charge in [0.2, 0.25) is 5.91 Å². The molecular weight excluding hydrogens is 448 g/mol. The third kappa shape index (κ3) is 4.93. The summed E-state index contributed by atoms with van der Waals surface area (Å²) >= 11 is 2.34. The molecule has 0 fully saturated rings. The second-order valence-electron chi connectivity index (χ2n) is 7.27. The molecule has 3 N–H and O–H groups in total. The number of nitrogens with two attached hydrogens (primary N) is 1. The summed E-state index contributed by atoms with van der Waals surface area (Å²) in [5, 5.41) is 14.0. The molecule has 2 aromatic heterocycles. The topological polar surface area (TPSA) is 119 Å². The molecule has 3 aromatic rings. The third-order valence-corrected chi connectivity index (χ3v) is 7.19. The molecule has 3 heterocycles. The zero-order valence-electron chi connectivity index (χ0n) is 16.9. The Morgan fingerprint density at radius 3 is 2.66 bits per heavy atom. The fraction of sp³-hybridized carbons (Fsp3) is 0.182. The fourth-order valence-electron chi connectivity index (χ4n) is 3.62. The van der Waals surface area contributed by atoms with E-state index in [0.29, 0.717) is 28.4 Å². The Kier molecular flexibility index (Phi) is 6.45. The quantitative estimate of drug-likeness (QED) is 0.308. The van der Waals surface area contributed by atoms with Crippen LogP contribution in [0.2, 0.25) is 0 Å². The lowest BCUT2D eigenvalue weighted by molar-refractivity contribution is -0.380. The van der Waals surface area contributed by atoms with E-state index in [-0.39, 0.29) is 5.00 Å². The summed E-state index contributed by atoms with van der Waals surface area (Å²) in [6.07, 6.45) is 3.48. The minimum Gasteiger partial charge on any atom is -0.365 e. The summed E-state index contributed by atoms with van der Waals surface area (Å²) in [6, 6.07) is 13.1. The van der Waals surface area contributed by atoms with Crippen LogP contribution in [0.1, 0.15) is 31.2 Å². The van der Waals surface area contributed by atoms with Crippen molar-refractivity contribution in [3.8, 4) is 0 Å². The number of primary amides is 1. The SMILES string of the molecule is NC(=O)c1c(NC(=O)C=Cc2ccc([N+](=O)[O-])s2)sc2c1CCN(Cc1ccccc1)C2. The van der Waals surface area contributed by atoms with Gasteiger partial charge in [-0.3, -0.25) is 24.6 Å². The van der Waals surface area contributed by atoms with Crippen molar-refractivity contribution in [3.05, 3.63) is 85.1 Å². The van der Waals surface area contributed by atoms with E-state index in [4.69, 9.17) is 5.73 Å². The van der Waals surface area contributed by atoms with Gasteiger partial charge in [0.05, 0.1) is 10.5 Å². The second kappa shape index (κ2) is 9.43. The van der Waals surface area contributed by atoms with Gasteiger partial charge in [-0.1, -0.05) is 41.7 Å². The van der Waals surface area contributed by atoms with Crippen molar-refractivity contribution in [2.45, 2.75) is 19.5 Å². The highest BCUT2D eigenvalue weighted by Gasteiger charge is 2.27. The number of hydrogen-bond donors (Lipinski definition) is 2. The van der Waals surface area contributed by atoms with Crippen molar-refractivity contribution in [3.63, 3.8) is 0 Å². The summed E-state index contributed by atoms with van der Waals surface area (Å²) in [7, 11) is 0. The van der Waals surface area contributed by atoms with Gasteiger partial charge < -0.3 is 11.1 Å². The molecule has 4 rings (SSSR count). The van der Waals surface area contributed by atoms with E-state index in [1.54, 1.807) is 6.07 Å². The molecule has 2 amide bonds. The number of benzene rings is 1. The first-order chi connectivity index (χ1) is 15.4. The first-order valence-electron chi connectivity index (χ1n) is 9.84. The molecule has 1 aromatic carbocycles. The second-order valence-corrected chi connectivity index (χ2v) is 9.47. The molecule has 10 heteroatoms. The van der Waals surface area contributed by atoms with Gasteiger partial charge in [0, 0.05) is 41.5 Å². The number of nitrogens with one attached hydrogen (secondary N) is 1. The van der Waals surface area contributed by atoms with E-state index in [9.17, 15) is 19.7 Å². The Bertz CT molecular complexity index is 1200. The standard InChI is InChI=1S/C22H20N4O4S2/c23-21(28)20-16-10-11-25(12-14-4-2-1-3-5-14)13-17(16)32-22(20)24-18(27)8-6-15-7-9-19(31-15)26(29)30/h1-9H,10-13H2,(H2,23,28)(H,24,27). The Balaban J connectivity index is 1.48. The maximum absolute atomic E-state index is 12.4.